The molecule has 0 spiro atoms. The van der Waals surface area contributed by atoms with Crippen LogP contribution >= 0.6 is 0 Å². The first kappa shape index (κ1) is 103. The van der Waals surface area contributed by atoms with Crippen molar-refractivity contribution in [3.05, 3.63) is 127 Å². The molecule has 0 heterocycles. The van der Waals surface area contributed by atoms with Crippen molar-refractivity contribution in [1.82, 2.24) is 21.3 Å². The lowest BCUT2D eigenvalue weighted by Crippen LogP contribution is -2.58. The summed E-state index contributed by atoms with van der Waals surface area (Å²) in [6.45, 7) is 31.6. The Morgan fingerprint density at radius 1 is 0.269 bits per heavy atom. The molecule has 2 saturated carbocycles. The van der Waals surface area contributed by atoms with E-state index in [9.17, 15) is 76.7 Å². The lowest BCUT2D eigenvalue weighted by molar-refractivity contribution is -0.170. The summed E-state index contributed by atoms with van der Waals surface area (Å²) < 4.78 is 106. The number of rotatable bonds is 54. The van der Waals surface area contributed by atoms with Gasteiger partial charge in [-0.3, -0.25) is 0 Å². The number of alkyl carbamates (subject to hydrolysis) is 4. The molecule has 0 aromatic rings. The quantitative estimate of drug-likeness (QED) is 0.0176. The molecule has 119 heavy (non-hydrogen) atoms. The second kappa shape index (κ2) is 51.0. The van der Waals surface area contributed by atoms with Crippen LogP contribution in [0.2, 0.25) is 0 Å². The van der Waals surface area contributed by atoms with Crippen LogP contribution in [0.3, 0.4) is 0 Å². The molecule has 4 unspecified atom stereocenters. The standard InChI is InChI=1S/C79H108N4O36/c1-17-56(84)106-41-76(42-107-57(85)18-2,43-108-58(86)19-3)37-100-39-78(47-112-62(90)23-7,48-113-63(91)24-8)51-116-68(96)82-74(15)33-54(31-72(11,12)35-74)80-66(94)102-27-28-103-70(98)104-29-30-105-71(99)119-53-118-67(95)81-55-32-73(13,14)36-75(16,34-55)83-69(97)117-52-79(49-114-64(92)25-9,50-115-65(93)26-10)40-101-38-77(44-109-59(87)20-4,45-110-60(88)21-5)46-111-61(89)22-6/h17-26,54-55H,1-10,27-53H2,11-16H3,(H,80,94)(H,81,95)(H,82,96)(H,83,97). The summed E-state index contributed by atoms with van der Waals surface area (Å²) in [6, 6.07) is -1.32. The fourth-order valence-corrected chi connectivity index (χ4v) is 12.3. The molecule has 4 amide bonds. The van der Waals surface area contributed by atoms with Gasteiger partial charge in [0, 0.05) is 83.9 Å². The summed E-state index contributed by atoms with van der Waals surface area (Å²) in [7, 11) is 0. The Morgan fingerprint density at radius 2 is 0.479 bits per heavy atom. The molecular formula is C79H108N4O36. The first-order valence-electron chi connectivity index (χ1n) is 36.5. The molecule has 660 valence electrons. The van der Waals surface area contributed by atoms with Crippen LogP contribution in [-0.2, 0) is 143 Å². The maximum atomic E-state index is 13.9. The van der Waals surface area contributed by atoms with E-state index in [0.717, 1.165) is 60.8 Å². The third-order valence-electron chi connectivity index (χ3n) is 17.1. The first-order chi connectivity index (χ1) is 56.0. The molecule has 0 radical (unpaired) electrons. The number of esters is 10. The first-order valence-corrected chi connectivity index (χ1v) is 36.5. The van der Waals surface area contributed by atoms with Crippen LogP contribution in [0.5, 0.6) is 0 Å². The van der Waals surface area contributed by atoms with Crippen LogP contribution in [0.1, 0.15) is 80.1 Å². The molecule has 40 heteroatoms. The molecule has 2 aliphatic carbocycles. The monoisotopic (exact) mass is 1690 g/mol. The summed E-state index contributed by atoms with van der Waals surface area (Å²) in [6.07, 6.45) is 3.37. The Bertz CT molecular complexity index is 3490. The van der Waals surface area contributed by atoms with Gasteiger partial charge in [0.1, 0.15) is 106 Å². The van der Waals surface area contributed by atoms with Gasteiger partial charge in [0.25, 0.3) is 0 Å². The van der Waals surface area contributed by atoms with Gasteiger partial charge in [-0.1, -0.05) is 93.5 Å². The minimum Gasteiger partial charge on any atom is -0.462 e. The highest BCUT2D eigenvalue weighted by molar-refractivity contribution is 5.85. The maximum Gasteiger partial charge on any atom is 0.511 e. The van der Waals surface area contributed by atoms with Gasteiger partial charge in [0.2, 0.25) is 6.79 Å². The SMILES string of the molecule is C=CC(=O)OCC(COCC(COC(=O)C=C)(COC(=O)C=C)COC(=O)NC1(C)CC(NC(=O)OCCOC(=O)OCCOC(=O)OCOC(=O)NC2CC(C)(C)CC(C)(NC(=O)OCC(COCC(COC(=O)C=C)(COC(=O)C=C)COC(=O)C=C)(COC(=O)C=C)COC(=O)C=C)C2)CC(C)(C)C1)(COC(=O)C=C)COC(=O)C=C. The highest BCUT2D eigenvalue weighted by atomic mass is 16.8. The predicted octanol–water partition coefficient (Wildman–Crippen LogP) is 6.10. The zero-order valence-electron chi connectivity index (χ0n) is 67.8. The fourth-order valence-electron chi connectivity index (χ4n) is 12.3. The largest absolute Gasteiger partial charge is 0.511 e. The number of carbonyl (C=O) groups is 16. The normalized spacial score (nSPS) is 17.0. The predicted molar refractivity (Wildman–Crippen MR) is 410 cm³/mol. The van der Waals surface area contributed by atoms with Gasteiger partial charge in [-0.05, 0) is 63.2 Å². The van der Waals surface area contributed by atoms with E-state index in [2.05, 4.69) is 87.1 Å². The molecule has 4 atom stereocenters. The molecule has 4 N–H and O–H groups in total. The second-order valence-corrected chi connectivity index (χ2v) is 29.7. The molecule has 0 aliphatic heterocycles. The van der Waals surface area contributed by atoms with E-state index in [4.69, 9.17) is 94.7 Å². The van der Waals surface area contributed by atoms with Crippen molar-refractivity contribution in [3.8, 4) is 0 Å². The average molecular weight is 1690 g/mol. The van der Waals surface area contributed by atoms with Crippen molar-refractivity contribution >= 4 is 96.4 Å². The molecular weight excluding hydrogens is 1580 g/mol. The fraction of sp³-hybridized carbons (Fsp3) is 0.544. The van der Waals surface area contributed by atoms with Gasteiger partial charge in [-0.2, -0.15) is 0 Å². The number of amides is 4. The van der Waals surface area contributed by atoms with E-state index in [0.29, 0.717) is 25.7 Å². The van der Waals surface area contributed by atoms with Crippen molar-refractivity contribution < 1.29 is 171 Å². The van der Waals surface area contributed by atoms with Gasteiger partial charge in [-0.15, -0.1) is 0 Å². The van der Waals surface area contributed by atoms with E-state index in [1.165, 1.54) is 0 Å². The second-order valence-electron chi connectivity index (χ2n) is 29.7. The molecule has 2 aliphatic rings. The minimum atomic E-state index is -1.75. The lowest BCUT2D eigenvalue weighted by atomic mass is 9.67. The van der Waals surface area contributed by atoms with Gasteiger partial charge < -0.3 is 116 Å². The summed E-state index contributed by atoms with van der Waals surface area (Å²) in [5, 5.41) is 11.0. The van der Waals surface area contributed by atoms with Crippen LogP contribution in [0.4, 0.5) is 28.8 Å². The van der Waals surface area contributed by atoms with Crippen LogP contribution in [0.15, 0.2) is 127 Å². The van der Waals surface area contributed by atoms with Gasteiger partial charge in [-0.25, -0.2) is 76.7 Å². The smallest absolute Gasteiger partial charge is 0.462 e. The third kappa shape index (κ3) is 41.4. The van der Waals surface area contributed by atoms with Crippen molar-refractivity contribution in [3.63, 3.8) is 0 Å². The summed E-state index contributed by atoms with van der Waals surface area (Å²) in [5.41, 5.74) is -10.1. The Hall–Kier alpha value is -12.4. The number of hydrogen-bond donors (Lipinski definition) is 4. The highest BCUT2D eigenvalue weighted by Gasteiger charge is 2.48. The van der Waals surface area contributed by atoms with E-state index in [-0.39, 0.29) is 12.8 Å². The van der Waals surface area contributed by atoms with Gasteiger partial charge in [0.15, 0.2) is 0 Å². The van der Waals surface area contributed by atoms with Crippen molar-refractivity contribution in [2.45, 2.75) is 103 Å². The third-order valence-corrected chi connectivity index (χ3v) is 17.1. The molecule has 2 rings (SSSR count). The number of ether oxygens (including phenoxy) is 20. The number of hydrogen-bond acceptors (Lipinski definition) is 36. The van der Waals surface area contributed by atoms with Crippen molar-refractivity contribution in [1.29, 1.82) is 0 Å². The highest BCUT2D eigenvalue weighted by Crippen LogP contribution is 2.43. The van der Waals surface area contributed by atoms with Crippen LogP contribution in [-0.4, -0.2) is 258 Å². The Labute approximate surface area is 687 Å². The number of carbonyl (C=O) groups excluding carboxylic acids is 16. The van der Waals surface area contributed by atoms with E-state index < -0.39 is 291 Å². The zero-order chi connectivity index (χ0) is 89.5. The van der Waals surface area contributed by atoms with Gasteiger partial charge in [0.05, 0.1) is 48.1 Å². The van der Waals surface area contributed by atoms with Crippen LogP contribution < -0.4 is 21.3 Å². The maximum absolute atomic E-state index is 13.9. The minimum absolute atomic E-state index is 0.0787. The molecule has 0 bridgehead atoms. The topological polar surface area (TPSA) is 506 Å². The Balaban J connectivity index is 2.04. The van der Waals surface area contributed by atoms with E-state index in [1.54, 1.807) is 13.8 Å². The van der Waals surface area contributed by atoms with Crippen LogP contribution in [0, 0.1) is 32.5 Å². The Kier molecular flexibility index (Phi) is 44.0. The number of nitrogens with one attached hydrogen (secondary N) is 4. The zero-order valence-corrected chi connectivity index (χ0v) is 67.8. The lowest BCUT2D eigenvalue weighted by Gasteiger charge is -2.46. The summed E-state index contributed by atoms with van der Waals surface area (Å²) in [5.74, 6) is -9.27. The molecule has 40 nitrogen and oxygen atoms in total. The Morgan fingerprint density at radius 3 is 0.714 bits per heavy atom. The summed E-state index contributed by atoms with van der Waals surface area (Å²) in [4.78, 5) is 202. The molecule has 0 aromatic carbocycles. The van der Waals surface area contributed by atoms with E-state index in [1.807, 2.05) is 27.7 Å². The van der Waals surface area contributed by atoms with Crippen molar-refractivity contribution in [2.24, 2.45) is 32.5 Å². The van der Waals surface area contributed by atoms with Crippen molar-refractivity contribution in [2.75, 3.05) is 139 Å². The van der Waals surface area contributed by atoms with E-state index >= 15 is 0 Å². The van der Waals surface area contributed by atoms with Crippen LogP contribution in [0.25, 0.3) is 0 Å². The summed E-state index contributed by atoms with van der Waals surface area (Å²) >= 11 is 0. The molecule has 0 saturated heterocycles. The molecule has 0 aromatic heterocycles. The molecule has 2 fully saturated rings. The average Bonchev–Trinajstić information content (AvgIpc) is 0.797. The van der Waals surface area contributed by atoms with Gasteiger partial charge >= 0.3 is 96.4 Å².